The van der Waals surface area contributed by atoms with Crippen molar-refractivity contribution in [2.75, 3.05) is 0 Å². The zero-order valence-electron chi connectivity index (χ0n) is 8.72. The van der Waals surface area contributed by atoms with Gasteiger partial charge in [0.15, 0.2) is 0 Å². The summed E-state index contributed by atoms with van der Waals surface area (Å²) in [6.45, 7) is 7.34. The fraction of sp³-hybridized carbons (Fsp3) is 1.00. The van der Waals surface area contributed by atoms with Gasteiger partial charge in [0.25, 0.3) is 0 Å². The Labute approximate surface area is 76.7 Å². The molecule has 3 rings (SSSR count). The van der Waals surface area contributed by atoms with Crippen LogP contribution in [0.5, 0.6) is 0 Å². The van der Waals surface area contributed by atoms with Crippen molar-refractivity contribution in [1.82, 2.24) is 0 Å². The van der Waals surface area contributed by atoms with Gasteiger partial charge >= 0.3 is 0 Å². The summed E-state index contributed by atoms with van der Waals surface area (Å²) in [5.41, 5.74) is 0. The fourth-order valence-electron chi connectivity index (χ4n) is 3.95. The molecule has 3 fully saturated rings. The van der Waals surface area contributed by atoms with Gasteiger partial charge in [0.05, 0.1) is 0 Å². The summed E-state index contributed by atoms with van der Waals surface area (Å²) in [4.78, 5) is 0. The summed E-state index contributed by atoms with van der Waals surface area (Å²) in [6, 6.07) is 0. The Hall–Kier alpha value is 0. The van der Waals surface area contributed by atoms with Gasteiger partial charge < -0.3 is 0 Å². The molecule has 0 aliphatic heterocycles. The van der Waals surface area contributed by atoms with Crippen LogP contribution < -0.4 is 0 Å². The molecule has 0 spiro atoms. The topological polar surface area (TPSA) is 0 Å². The van der Waals surface area contributed by atoms with E-state index in [-0.39, 0.29) is 0 Å². The standard InChI is InChI=1S/C12H22/c1-8(2)12-9(3)10-4-6-11(12)7-5-10/h8-12H,4-7H2,1-3H3/t9-,10?,11?,12+/m1/s1. The van der Waals surface area contributed by atoms with E-state index in [9.17, 15) is 0 Å². The maximum atomic E-state index is 2.50. The summed E-state index contributed by atoms with van der Waals surface area (Å²) in [6.07, 6.45) is 6.15. The molecule has 0 unspecified atom stereocenters. The summed E-state index contributed by atoms with van der Waals surface area (Å²) < 4.78 is 0. The van der Waals surface area contributed by atoms with E-state index in [1.54, 1.807) is 0 Å². The van der Waals surface area contributed by atoms with E-state index in [1.807, 2.05) is 0 Å². The fourth-order valence-corrected chi connectivity index (χ4v) is 3.95. The normalized spacial score (nSPS) is 47.0. The molecule has 2 bridgehead atoms. The Morgan fingerprint density at radius 2 is 1.42 bits per heavy atom. The molecule has 0 radical (unpaired) electrons. The van der Waals surface area contributed by atoms with Crippen LogP contribution in [0.3, 0.4) is 0 Å². The summed E-state index contributed by atoms with van der Waals surface area (Å²) in [7, 11) is 0. The quantitative estimate of drug-likeness (QED) is 0.557. The van der Waals surface area contributed by atoms with E-state index in [4.69, 9.17) is 0 Å². The second-order valence-corrected chi connectivity index (χ2v) is 5.36. The van der Waals surface area contributed by atoms with Crippen molar-refractivity contribution in [3.63, 3.8) is 0 Å². The van der Waals surface area contributed by atoms with Crippen molar-refractivity contribution in [2.24, 2.45) is 29.6 Å². The maximum Gasteiger partial charge on any atom is -0.0334 e. The second-order valence-electron chi connectivity index (χ2n) is 5.36. The van der Waals surface area contributed by atoms with Crippen LogP contribution in [-0.4, -0.2) is 0 Å². The van der Waals surface area contributed by atoms with Gasteiger partial charge in [0.1, 0.15) is 0 Å². The number of hydrogen-bond donors (Lipinski definition) is 0. The van der Waals surface area contributed by atoms with Crippen LogP contribution >= 0.6 is 0 Å². The van der Waals surface area contributed by atoms with Crippen LogP contribution in [-0.2, 0) is 0 Å². The minimum atomic E-state index is 0.924. The maximum absolute atomic E-state index is 2.50. The van der Waals surface area contributed by atoms with E-state index in [2.05, 4.69) is 20.8 Å². The van der Waals surface area contributed by atoms with Gasteiger partial charge in [0, 0.05) is 0 Å². The van der Waals surface area contributed by atoms with E-state index < -0.39 is 0 Å². The molecule has 0 saturated heterocycles. The van der Waals surface area contributed by atoms with Gasteiger partial charge in [-0.05, 0) is 55.3 Å². The third kappa shape index (κ3) is 1.20. The second kappa shape index (κ2) is 3.05. The van der Waals surface area contributed by atoms with Gasteiger partial charge in [-0.15, -0.1) is 0 Å². The molecule has 0 nitrogen and oxygen atoms in total. The van der Waals surface area contributed by atoms with E-state index in [0.717, 1.165) is 29.6 Å². The lowest BCUT2D eigenvalue weighted by Crippen LogP contribution is -2.40. The first kappa shape index (κ1) is 8.59. The molecule has 0 amide bonds. The lowest BCUT2D eigenvalue weighted by molar-refractivity contribution is 0.00673. The zero-order valence-corrected chi connectivity index (χ0v) is 8.72. The van der Waals surface area contributed by atoms with E-state index in [0.29, 0.717) is 0 Å². The smallest absolute Gasteiger partial charge is 0.0334 e. The molecule has 3 aliphatic carbocycles. The summed E-state index contributed by atoms with van der Waals surface area (Å²) >= 11 is 0. The Kier molecular flexibility index (Phi) is 2.18. The predicted octanol–water partition coefficient (Wildman–Crippen LogP) is 3.71. The lowest BCUT2D eigenvalue weighted by Gasteiger charge is -2.49. The summed E-state index contributed by atoms with van der Waals surface area (Å²) in [5.74, 6) is 5.18. The van der Waals surface area contributed by atoms with Crippen molar-refractivity contribution in [2.45, 2.75) is 46.5 Å². The van der Waals surface area contributed by atoms with Crippen molar-refractivity contribution < 1.29 is 0 Å². The highest BCUT2D eigenvalue weighted by atomic mass is 14.5. The highest BCUT2D eigenvalue weighted by Crippen LogP contribution is 2.51. The van der Waals surface area contributed by atoms with Crippen LogP contribution in [0.1, 0.15) is 46.5 Å². The molecule has 0 aromatic rings. The Morgan fingerprint density at radius 1 is 0.917 bits per heavy atom. The zero-order chi connectivity index (χ0) is 8.72. The first-order valence-corrected chi connectivity index (χ1v) is 5.70. The van der Waals surface area contributed by atoms with E-state index in [1.165, 1.54) is 25.7 Å². The van der Waals surface area contributed by atoms with Crippen molar-refractivity contribution >= 4 is 0 Å². The van der Waals surface area contributed by atoms with Gasteiger partial charge in [-0.1, -0.05) is 20.8 Å². The van der Waals surface area contributed by atoms with Crippen LogP contribution in [0.25, 0.3) is 0 Å². The molecule has 0 N–H and O–H groups in total. The van der Waals surface area contributed by atoms with Gasteiger partial charge in [-0.25, -0.2) is 0 Å². The molecule has 3 saturated carbocycles. The first-order valence-electron chi connectivity index (χ1n) is 5.70. The molecule has 3 aliphatic rings. The number of fused-ring (bicyclic) bond motifs is 3. The Morgan fingerprint density at radius 3 is 1.75 bits per heavy atom. The molecule has 0 aromatic carbocycles. The lowest BCUT2D eigenvalue weighted by atomic mass is 9.56. The predicted molar refractivity (Wildman–Crippen MR) is 52.9 cm³/mol. The molecular formula is C12H22. The average molecular weight is 166 g/mol. The molecule has 70 valence electrons. The number of rotatable bonds is 1. The van der Waals surface area contributed by atoms with Crippen molar-refractivity contribution in [3.8, 4) is 0 Å². The molecule has 0 heterocycles. The van der Waals surface area contributed by atoms with Crippen molar-refractivity contribution in [3.05, 3.63) is 0 Å². The van der Waals surface area contributed by atoms with Crippen LogP contribution in [0, 0.1) is 29.6 Å². The van der Waals surface area contributed by atoms with Gasteiger partial charge in [-0.2, -0.15) is 0 Å². The molecular weight excluding hydrogens is 144 g/mol. The monoisotopic (exact) mass is 166 g/mol. The Bertz CT molecular complexity index is 149. The molecule has 0 aromatic heterocycles. The minimum absolute atomic E-state index is 0.924. The minimum Gasteiger partial charge on any atom is -0.0625 e. The average Bonchev–Trinajstić information content (AvgIpc) is 2.05. The van der Waals surface area contributed by atoms with Crippen molar-refractivity contribution in [1.29, 1.82) is 0 Å². The number of hydrogen-bond acceptors (Lipinski definition) is 0. The van der Waals surface area contributed by atoms with Crippen LogP contribution in [0.2, 0.25) is 0 Å². The third-order valence-corrected chi connectivity index (χ3v) is 4.48. The SMILES string of the molecule is CC(C)[C@@H]1C2CCC(CC2)[C@H]1C. The highest BCUT2D eigenvalue weighted by Gasteiger charge is 2.41. The van der Waals surface area contributed by atoms with Gasteiger partial charge in [-0.3, -0.25) is 0 Å². The highest BCUT2D eigenvalue weighted by molar-refractivity contribution is 4.91. The first-order chi connectivity index (χ1) is 5.70. The van der Waals surface area contributed by atoms with Gasteiger partial charge in [0.2, 0.25) is 0 Å². The molecule has 0 heteroatoms. The van der Waals surface area contributed by atoms with Crippen LogP contribution in [0.15, 0.2) is 0 Å². The summed E-state index contributed by atoms with van der Waals surface area (Å²) in [5, 5.41) is 0. The largest absolute Gasteiger partial charge is 0.0625 e. The molecule has 2 atom stereocenters. The third-order valence-electron chi connectivity index (χ3n) is 4.48. The van der Waals surface area contributed by atoms with E-state index >= 15 is 0 Å². The van der Waals surface area contributed by atoms with Crippen LogP contribution in [0.4, 0.5) is 0 Å². The molecule has 12 heavy (non-hydrogen) atoms. The Balaban J connectivity index is 2.12.